The van der Waals surface area contributed by atoms with Crippen LogP contribution in [0.15, 0.2) is 76.6 Å². The highest BCUT2D eigenvalue weighted by Gasteiger charge is 2.20. The Hall–Kier alpha value is -2.80. The van der Waals surface area contributed by atoms with E-state index in [1.54, 1.807) is 42.5 Å². The standard InChI is InChI=1S/C15H12N2O4S/c18-22(19,17-15-10-20-11-16-15)14-9-5-4-8-13(14)21-12-6-2-1-3-7-12/h1-11,17H. The molecule has 0 atom stereocenters. The predicted octanol–water partition coefficient (Wildman–Crippen LogP) is 3.27. The van der Waals surface area contributed by atoms with E-state index in [0.717, 1.165) is 6.39 Å². The molecule has 0 fully saturated rings. The number of para-hydroxylation sites is 2. The number of benzene rings is 2. The van der Waals surface area contributed by atoms with Gasteiger partial charge in [-0.25, -0.2) is 8.42 Å². The van der Waals surface area contributed by atoms with Crippen molar-refractivity contribution in [1.29, 1.82) is 0 Å². The lowest BCUT2D eigenvalue weighted by Crippen LogP contribution is -2.14. The number of hydrogen-bond acceptors (Lipinski definition) is 5. The van der Waals surface area contributed by atoms with E-state index < -0.39 is 10.0 Å². The number of anilines is 1. The lowest BCUT2D eigenvalue weighted by molar-refractivity contribution is 0.468. The largest absolute Gasteiger partial charge is 0.456 e. The van der Waals surface area contributed by atoms with Crippen LogP contribution in [0, 0.1) is 0 Å². The molecule has 1 aromatic heterocycles. The topological polar surface area (TPSA) is 81.4 Å². The Labute approximate surface area is 127 Å². The third-order valence-corrected chi connectivity index (χ3v) is 4.18. The molecule has 0 saturated carbocycles. The lowest BCUT2D eigenvalue weighted by atomic mass is 10.3. The van der Waals surface area contributed by atoms with Crippen LogP contribution >= 0.6 is 0 Å². The number of nitrogens with one attached hydrogen (secondary N) is 1. The first-order chi connectivity index (χ1) is 10.6. The maximum absolute atomic E-state index is 12.4. The molecule has 0 unspecified atom stereocenters. The average molecular weight is 316 g/mol. The third-order valence-electron chi connectivity index (χ3n) is 2.78. The number of sulfonamides is 1. The molecule has 6 nitrogen and oxygen atoms in total. The Morgan fingerprint density at radius 3 is 2.45 bits per heavy atom. The molecule has 0 radical (unpaired) electrons. The number of nitrogens with zero attached hydrogens (tertiary/aromatic N) is 1. The van der Waals surface area contributed by atoms with Gasteiger partial charge in [-0.1, -0.05) is 30.3 Å². The van der Waals surface area contributed by atoms with Crippen LogP contribution in [-0.4, -0.2) is 13.4 Å². The molecule has 112 valence electrons. The number of hydrogen-bond donors (Lipinski definition) is 1. The van der Waals surface area contributed by atoms with Crippen LogP contribution in [-0.2, 0) is 10.0 Å². The fourth-order valence-electron chi connectivity index (χ4n) is 1.83. The zero-order valence-electron chi connectivity index (χ0n) is 11.3. The van der Waals surface area contributed by atoms with Crippen molar-refractivity contribution in [3.8, 4) is 11.5 Å². The Kier molecular flexibility index (Phi) is 3.80. The normalized spacial score (nSPS) is 11.1. The maximum atomic E-state index is 12.4. The number of rotatable bonds is 5. The molecule has 1 N–H and O–H groups in total. The summed E-state index contributed by atoms with van der Waals surface area (Å²) in [4.78, 5) is 3.76. The van der Waals surface area contributed by atoms with Crippen molar-refractivity contribution in [2.24, 2.45) is 0 Å². The van der Waals surface area contributed by atoms with Crippen LogP contribution in [0.2, 0.25) is 0 Å². The van der Waals surface area contributed by atoms with Gasteiger partial charge in [-0.3, -0.25) is 4.72 Å². The van der Waals surface area contributed by atoms with Gasteiger partial charge in [0, 0.05) is 0 Å². The van der Waals surface area contributed by atoms with Gasteiger partial charge in [-0.15, -0.1) is 0 Å². The van der Waals surface area contributed by atoms with Crippen LogP contribution in [0.3, 0.4) is 0 Å². The van der Waals surface area contributed by atoms with E-state index in [0.29, 0.717) is 5.75 Å². The molecular weight excluding hydrogens is 304 g/mol. The van der Waals surface area contributed by atoms with Gasteiger partial charge in [-0.05, 0) is 24.3 Å². The van der Waals surface area contributed by atoms with E-state index in [1.807, 2.05) is 6.07 Å². The summed E-state index contributed by atoms with van der Waals surface area (Å²) >= 11 is 0. The molecule has 0 aliphatic carbocycles. The van der Waals surface area contributed by atoms with Gasteiger partial charge in [0.1, 0.15) is 22.7 Å². The summed E-state index contributed by atoms with van der Waals surface area (Å²) in [6.45, 7) is 0. The molecule has 1 heterocycles. The van der Waals surface area contributed by atoms with Gasteiger partial charge < -0.3 is 9.15 Å². The molecule has 2 aromatic carbocycles. The SMILES string of the molecule is O=S(=O)(Nc1cocn1)c1ccccc1Oc1ccccc1. The second-order valence-electron chi connectivity index (χ2n) is 4.34. The number of aromatic nitrogens is 1. The van der Waals surface area contributed by atoms with E-state index in [1.165, 1.54) is 12.3 Å². The molecule has 22 heavy (non-hydrogen) atoms. The Bertz CT molecular complexity index is 846. The van der Waals surface area contributed by atoms with Gasteiger partial charge in [0.05, 0.1) is 0 Å². The fourth-order valence-corrected chi connectivity index (χ4v) is 2.95. The Balaban J connectivity index is 1.94. The molecule has 0 spiro atoms. The summed E-state index contributed by atoms with van der Waals surface area (Å²) in [5.74, 6) is 0.880. The first-order valence-electron chi connectivity index (χ1n) is 6.38. The van der Waals surface area contributed by atoms with E-state index in [9.17, 15) is 8.42 Å². The van der Waals surface area contributed by atoms with Crippen molar-refractivity contribution in [3.05, 3.63) is 67.3 Å². The second-order valence-corrected chi connectivity index (χ2v) is 5.99. The molecular formula is C15H12N2O4S. The summed E-state index contributed by atoms with van der Waals surface area (Å²) < 4.78 is 37.6. The Morgan fingerprint density at radius 2 is 1.73 bits per heavy atom. The van der Waals surface area contributed by atoms with Crippen LogP contribution in [0.4, 0.5) is 5.82 Å². The van der Waals surface area contributed by atoms with Crippen LogP contribution in [0.1, 0.15) is 0 Å². The molecule has 0 saturated heterocycles. The highest BCUT2D eigenvalue weighted by atomic mass is 32.2. The monoisotopic (exact) mass is 316 g/mol. The number of oxazole rings is 1. The van der Waals surface area contributed by atoms with E-state index >= 15 is 0 Å². The smallest absolute Gasteiger partial charge is 0.266 e. The fraction of sp³-hybridized carbons (Fsp3) is 0. The van der Waals surface area contributed by atoms with Crippen LogP contribution in [0.25, 0.3) is 0 Å². The average Bonchev–Trinajstić information content (AvgIpc) is 3.01. The minimum absolute atomic E-state index is 0.0156. The minimum Gasteiger partial charge on any atom is -0.456 e. The Morgan fingerprint density at radius 1 is 1.00 bits per heavy atom. The second kappa shape index (κ2) is 5.90. The van der Waals surface area contributed by atoms with Crippen molar-refractivity contribution in [2.75, 3.05) is 4.72 Å². The summed E-state index contributed by atoms with van der Waals surface area (Å²) in [5, 5.41) is 0. The minimum atomic E-state index is -3.83. The summed E-state index contributed by atoms with van der Waals surface area (Å²) in [5.41, 5.74) is 0. The van der Waals surface area contributed by atoms with Crippen molar-refractivity contribution >= 4 is 15.8 Å². The van der Waals surface area contributed by atoms with Gasteiger partial charge in [0.2, 0.25) is 0 Å². The lowest BCUT2D eigenvalue weighted by Gasteiger charge is -2.11. The first-order valence-corrected chi connectivity index (χ1v) is 7.86. The quantitative estimate of drug-likeness (QED) is 0.781. The predicted molar refractivity (Wildman–Crippen MR) is 80.3 cm³/mol. The maximum Gasteiger partial charge on any atom is 0.266 e. The zero-order chi connectivity index (χ0) is 15.4. The first kappa shape index (κ1) is 14.2. The summed E-state index contributed by atoms with van der Waals surface area (Å²) in [7, 11) is -3.83. The van der Waals surface area contributed by atoms with Crippen molar-refractivity contribution in [2.45, 2.75) is 4.90 Å². The number of ether oxygens (including phenoxy) is 1. The van der Waals surface area contributed by atoms with Crippen LogP contribution in [0.5, 0.6) is 11.5 Å². The zero-order valence-corrected chi connectivity index (χ0v) is 12.2. The van der Waals surface area contributed by atoms with E-state index in [2.05, 4.69) is 9.71 Å². The van der Waals surface area contributed by atoms with Gasteiger partial charge in [0.15, 0.2) is 12.2 Å². The van der Waals surface area contributed by atoms with Crippen molar-refractivity contribution in [3.63, 3.8) is 0 Å². The van der Waals surface area contributed by atoms with Gasteiger partial charge >= 0.3 is 0 Å². The van der Waals surface area contributed by atoms with Crippen molar-refractivity contribution in [1.82, 2.24) is 4.98 Å². The van der Waals surface area contributed by atoms with Crippen LogP contribution < -0.4 is 9.46 Å². The van der Waals surface area contributed by atoms with E-state index in [-0.39, 0.29) is 16.5 Å². The van der Waals surface area contributed by atoms with Gasteiger partial charge in [-0.2, -0.15) is 4.98 Å². The molecule has 0 amide bonds. The molecule has 0 aliphatic heterocycles. The third kappa shape index (κ3) is 3.09. The van der Waals surface area contributed by atoms with E-state index in [4.69, 9.17) is 9.15 Å². The van der Waals surface area contributed by atoms with Crippen molar-refractivity contribution < 1.29 is 17.6 Å². The molecule has 0 aliphatic rings. The molecule has 7 heteroatoms. The highest BCUT2D eigenvalue weighted by molar-refractivity contribution is 7.92. The molecule has 3 rings (SSSR count). The molecule has 0 bridgehead atoms. The summed E-state index contributed by atoms with van der Waals surface area (Å²) in [6, 6.07) is 15.3. The van der Waals surface area contributed by atoms with Gasteiger partial charge in [0.25, 0.3) is 10.0 Å². The molecule has 3 aromatic rings. The summed E-state index contributed by atoms with van der Waals surface area (Å²) in [6.07, 6.45) is 2.35. The highest BCUT2D eigenvalue weighted by Crippen LogP contribution is 2.29.